The van der Waals surface area contributed by atoms with E-state index in [-0.39, 0.29) is 22.1 Å². The van der Waals surface area contributed by atoms with Gasteiger partial charge in [-0.25, -0.2) is 13.6 Å². The second-order valence-corrected chi connectivity index (χ2v) is 5.61. The molecule has 4 nitrogen and oxygen atoms in total. The Bertz CT molecular complexity index is 1000. The fourth-order valence-electron chi connectivity index (χ4n) is 2.57. The van der Waals surface area contributed by atoms with Crippen molar-refractivity contribution in [3.8, 4) is 17.2 Å². The van der Waals surface area contributed by atoms with Gasteiger partial charge in [0, 0.05) is 5.39 Å². The Kier molecular flexibility index (Phi) is 5.67. The first-order chi connectivity index (χ1) is 13.4. The third kappa shape index (κ3) is 4.16. The van der Waals surface area contributed by atoms with Gasteiger partial charge in [0.25, 0.3) is 0 Å². The van der Waals surface area contributed by atoms with E-state index in [0.29, 0.717) is 12.4 Å². The van der Waals surface area contributed by atoms with E-state index in [9.17, 15) is 22.4 Å². The van der Waals surface area contributed by atoms with Crippen LogP contribution in [0.4, 0.5) is 17.6 Å². The first kappa shape index (κ1) is 19.5. The molecule has 0 aliphatic heterocycles. The average Bonchev–Trinajstić information content (AvgIpc) is 2.65. The van der Waals surface area contributed by atoms with Crippen LogP contribution in [0.15, 0.2) is 48.5 Å². The number of carbonyl (C=O) groups excluding carboxylic acids is 1. The zero-order valence-corrected chi connectivity index (χ0v) is 14.5. The number of carbonyl (C=O) groups is 1. The van der Waals surface area contributed by atoms with Crippen LogP contribution in [0.25, 0.3) is 10.8 Å². The van der Waals surface area contributed by atoms with E-state index in [1.165, 1.54) is 30.3 Å². The van der Waals surface area contributed by atoms with Crippen molar-refractivity contribution in [1.82, 2.24) is 0 Å². The van der Waals surface area contributed by atoms with Crippen molar-refractivity contribution in [2.24, 2.45) is 0 Å². The number of halogens is 4. The van der Waals surface area contributed by atoms with Crippen LogP contribution in [-0.4, -0.2) is 19.2 Å². The highest BCUT2D eigenvalue weighted by molar-refractivity contribution is 5.92. The molecule has 3 aromatic carbocycles. The Balaban J connectivity index is 1.85. The summed E-state index contributed by atoms with van der Waals surface area (Å²) in [7, 11) is 0. The van der Waals surface area contributed by atoms with Gasteiger partial charge in [-0.05, 0) is 60.8 Å². The van der Waals surface area contributed by atoms with Crippen LogP contribution < -0.4 is 14.2 Å². The molecule has 0 saturated heterocycles. The topological polar surface area (TPSA) is 44.8 Å². The van der Waals surface area contributed by atoms with Crippen molar-refractivity contribution in [3.05, 3.63) is 65.7 Å². The molecule has 0 unspecified atom stereocenters. The van der Waals surface area contributed by atoms with Gasteiger partial charge in [-0.15, -0.1) is 0 Å². The summed E-state index contributed by atoms with van der Waals surface area (Å²) >= 11 is 0. The smallest absolute Gasteiger partial charge is 0.387 e. The lowest BCUT2D eigenvalue weighted by atomic mass is 10.1. The van der Waals surface area contributed by atoms with Crippen LogP contribution in [0.3, 0.4) is 0 Å². The number of hydrogen-bond donors (Lipinski definition) is 0. The van der Waals surface area contributed by atoms with Crippen molar-refractivity contribution < 1.29 is 36.6 Å². The molecule has 0 amide bonds. The normalized spacial score (nSPS) is 10.9. The first-order valence-electron chi connectivity index (χ1n) is 8.20. The standard InChI is InChI=1S/C20H14F4O4/c1-2-26-13-5-3-11(4-6-13)19(25)27-14-7-8-15-12(9-14)10-16(21)18(17(15)22)28-20(23)24/h3-10,20H,2H2,1H3. The van der Waals surface area contributed by atoms with Crippen LogP contribution in [0.1, 0.15) is 17.3 Å². The molecular weight excluding hydrogens is 380 g/mol. The molecule has 0 atom stereocenters. The second-order valence-electron chi connectivity index (χ2n) is 5.61. The van der Waals surface area contributed by atoms with Crippen molar-refractivity contribution in [2.75, 3.05) is 6.61 Å². The highest BCUT2D eigenvalue weighted by Crippen LogP contribution is 2.33. The van der Waals surface area contributed by atoms with Gasteiger partial charge in [-0.3, -0.25) is 0 Å². The van der Waals surface area contributed by atoms with Crippen LogP contribution >= 0.6 is 0 Å². The van der Waals surface area contributed by atoms with Gasteiger partial charge >= 0.3 is 12.6 Å². The van der Waals surface area contributed by atoms with Crippen LogP contribution in [0, 0.1) is 11.6 Å². The predicted molar refractivity (Wildman–Crippen MR) is 93.1 cm³/mol. The van der Waals surface area contributed by atoms with Gasteiger partial charge in [0.2, 0.25) is 0 Å². The molecule has 3 rings (SSSR count). The lowest BCUT2D eigenvalue weighted by Crippen LogP contribution is -2.08. The van der Waals surface area contributed by atoms with E-state index < -0.39 is 30.0 Å². The summed E-state index contributed by atoms with van der Waals surface area (Å²) in [6.45, 7) is -1.05. The quantitative estimate of drug-likeness (QED) is 0.322. The minimum absolute atomic E-state index is 0.0219. The molecule has 146 valence electrons. The molecule has 0 aliphatic rings. The fourth-order valence-corrected chi connectivity index (χ4v) is 2.57. The third-order valence-corrected chi connectivity index (χ3v) is 3.78. The molecule has 28 heavy (non-hydrogen) atoms. The van der Waals surface area contributed by atoms with Gasteiger partial charge in [0.05, 0.1) is 12.2 Å². The number of hydrogen-bond acceptors (Lipinski definition) is 4. The number of benzene rings is 3. The summed E-state index contributed by atoms with van der Waals surface area (Å²) in [5.41, 5.74) is 0.251. The third-order valence-electron chi connectivity index (χ3n) is 3.78. The van der Waals surface area contributed by atoms with Crippen molar-refractivity contribution in [3.63, 3.8) is 0 Å². The number of rotatable bonds is 6. The Morgan fingerprint density at radius 3 is 2.32 bits per heavy atom. The number of alkyl halides is 2. The maximum absolute atomic E-state index is 14.2. The predicted octanol–water partition coefficient (Wildman–Crippen LogP) is 5.34. The Hall–Kier alpha value is -3.29. The molecule has 0 heterocycles. The van der Waals surface area contributed by atoms with E-state index in [4.69, 9.17) is 9.47 Å². The van der Waals surface area contributed by atoms with Crippen LogP contribution in [-0.2, 0) is 0 Å². The van der Waals surface area contributed by atoms with E-state index in [0.717, 1.165) is 6.07 Å². The molecule has 0 aromatic heterocycles. The largest absolute Gasteiger partial charge is 0.494 e. The second kappa shape index (κ2) is 8.16. The lowest BCUT2D eigenvalue weighted by Gasteiger charge is -2.11. The minimum Gasteiger partial charge on any atom is -0.494 e. The van der Waals surface area contributed by atoms with Crippen molar-refractivity contribution >= 4 is 16.7 Å². The molecular formula is C20H14F4O4. The molecule has 0 N–H and O–H groups in total. The van der Waals surface area contributed by atoms with Gasteiger partial charge in [-0.1, -0.05) is 0 Å². The number of fused-ring (bicyclic) bond motifs is 1. The summed E-state index contributed by atoms with van der Waals surface area (Å²) in [6.07, 6.45) is 0. The Morgan fingerprint density at radius 2 is 1.68 bits per heavy atom. The highest BCUT2D eigenvalue weighted by Gasteiger charge is 2.19. The van der Waals surface area contributed by atoms with Crippen molar-refractivity contribution in [1.29, 1.82) is 0 Å². The highest BCUT2D eigenvalue weighted by atomic mass is 19.3. The molecule has 0 aliphatic carbocycles. The maximum Gasteiger partial charge on any atom is 0.387 e. The molecule has 3 aromatic rings. The van der Waals surface area contributed by atoms with E-state index in [1.54, 1.807) is 12.1 Å². The van der Waals surface area contributed by atoms with Gasteiger partial charge in [0.1, 0.15) is 11.5 Å². The zero-order valence-electron chi connectivity index (χ0n) is 14.5. The Labute approximate surface area is 157 Å². The summed E-state index contributed by atoms with van der Waals surface area (Å²) in [6, 6.07) is 10.7. The molecule has 8 heteroatoms. The minimum atomic E-state index is -3.37. The van der Waals surface area contributed by atoms with Crippen molar-refractivity contribution in [2.45, 2.75) is 13.5 Å². The number of esters is 1. The summed E-state index contributed by atoms with van der Waals surface area (Å²) in [4.78, 5) is 12.2. The molecule has 0 bridgehead atoms. The fraction of sp³-hybridized carbons (Fsp3) is 0.150. The van der Waals surface area contributed by atoms with Gasteiger partial charge in [-0.2, -0.15) is 8.78 Å². The molecule has 0 spiro atoms. The first-order valence-corrected chi connectivity index (χ1v) is 8.20. The van der Waals surface area contributed by atoms with E-state index in [1.807, 2.05) is 6.92 Å². The van der Waals surface area contributed by atoms with Crippen LogP contribution in [0.2, 0.25) is 0 Å². The summed E-state index contributed by atoms with van der Waals surface area (Å²) < 4.78 is 67.1. The SMILES string of the molecule is CCOc1ccc(C(=O)Oc2ccc3c(F)c(OC(F)F)c(F)cc3c2)cc1. The summed E-state index contributed by atoms with van der Waals surface area (Å²) in [5.74, 6) is -3.77. The lowest BCUT2D eigenvalue weighted by molar-refractivity contribution is -0.0544. The maximum atomic E-state index is 14.2. The number of ether oxygens (including phenoxy) is 3. The van der Waals surface area contributed by atoms with Gasteiger partial charge in [0.15, 0.2) is 17.4 Å². The van der Waals surface area contributed by atoms with E-state index in [2.05, 4.69) is 4.74 Å². The monoisotopic (exact) mass is 394 g/mol. The van der Waals surface area contributed by atoms with Gasteiger partial charge < -0.3 is 14.2 Å². The molecule has 0 fully saturated rings. The summed E-state index contributed by atoms with van der Waals surface area (Å²) in [5, 5.41) is -0.133. The van der Waals surface area contributed by atoms with E-state index >= 15 is 0 Å². The molecule has 0 radical (unpaired) electrons. The Morgan fingerprint density at radius 1 is 1.00 bits per heavy atom. The zero-order chi connectivity index (χ0) is 20.3. The molecule has 0 saturated carbocycles. The average molecular weight is 394 g/mol. The van der Waals surface area contributed by atoms with Crippen LogP contribution in [0.5, 0.6) is 17.2 Å².